The van der Waals surface area contributed by atoms with Crippen molar-refractivity contribution in [2.24, 2.45) is 0 Å². The molecule has 1 aliphatic heterocycles. The fourth-order valence-corrected chi connectivity index (χ4v) is 16.5. The predicted octanol–water partition coefficient (Wildman–Crippen LogP) is 7.44. The summed E-state index contributed by atoms with van der Waals surface area (Å²) >= 11 is 0. The fourth-order valence-electron chi connectivity index (χ4n) is 8.32. The number of rotatable bonds is 5. The van der Waals surface area contributed by atoms with Gasteiger partial charge in [0.15, 0.2) is 0 Å². The molecule has 3 nitrogen and oxygen atoms in total. The van der Waals surface area contributed by atoms with Crippen molar-refractivity contribution < 1.29 is 9.59 Å². The summed E-state index contributed by atoms with van der Waals surface area (Å²) in [4.78, 5) is 28.5. The molecule has 2 aromatic rings. The van der Waals surface area contributed by atoms with E-state index in [0.29, 0.717) is 22.2 Å². The zero-order valence-electron chi connectivity index (χ0n) is 21.3. The molecule has 0 N–H and O–H groups in total. The zero-order valence-corrected chi connectivity index (χ0v) is 22.3. The number of amides is 2. The van der Waals surface area contributed by atoms with E-state index >= 15 is 0 Å². The Balaban J connectivity index is 1.97. The van der Waals surface area contributed by atoms with Gasteiger partial charge in [0.1, 0.15) is 0 Å². The van der Waals surface area contributed by atoms with Gasteiger partial charge in [-0.25, -0.2) is 4.90 Å². The van der Waals surface area contributed by atoms with Crippen molar-refractivity contribution in [1.82, 2.24) is 0 Å². The van der Waals surface area contributed by atoms with E-state index in [-0.39, 0.29) is 17.7 Å². The molecule has 176 valence electrons. The van der Waals surface area contributed by atoms with Gasteiger partial charge >= 0.3 is 0 Å². The van der Waals surface area contributed by atoms with Crippen molar-refractivity contribution in [3.05, 3.63) is 65.7 Å². The lowest BCUT2D eigenvalue weighted by Gasteiger charge is -2.48. The number of carbonyl (C=O) groups excluding carboxylic acids is 2. The number of benzene rings is 2. The quantitative estimate of drug-likeness (QED) is 0.434. The standard InChI is InChI=1S/C29H39NO2Si/c1-19(2)33(20(3)4,21(5)6)24-17-26(23-13-9-8-10-14-23)29(18-24)25-15-11-12-16-27(25)30(22(7)31)28(29)32/h8-16,19-21,24,26H,17-18H2,1-7H3/t24-,26-,29-/m1/s1. The van der Waals surface area contributed by atoms with E-state index in [1.54, 1.807) is 0 Å². The average molecular weight is 462 g/mol. The van der Waals surface area contributed by atoms with Crippen LogP contribution in [-0.4, -0.2) is 19.9 Å². The van der Waals surface area contributed by atoms with Crippen molar-refractivity contribution in [1.29, 1.82) is 0 Å². The molecule has 1 spiro atoms. The molecule has 1 heterocycles. The summed E-state index contributed by atoms with van der Waals surface area (Å²) < 4.78 is 0. The van der Waals surface area contributed by atoms with Crippen LogP contribution < -0.4 is 4.90 Å². The van der Waals surface area contributed by atoms with Gasteiger partial charge in [0.05, 0.1) is 19.2 Å². The van der Waals surface area contributed by atoms with E-state index in [4.69, 9.17) is 0 Å². The second-order valence-electron chi connectivity index (χ2n) is 11.2. The van der Waals surface area contributed by atoms with Gasteiger partial charge < -0.3 is 0 Å². The molecular formula is C29H39NO2Si. The first kappa shape index (κ1) is 23.9. The second-order valence-corrected chi connectivity index (χ2v) is 17.5. The molecule has 3 atom stereocenters. The summed E-state index contributed by atoms with van der Waals surface area (Å²) in [7, 11) is -1.82. The van der Waals surface area contributed by atoms with Gasteiger partial charge in [-0.2, -0.15) is 0 Å². The Morgan fingerprint density at radius 1 is 0.909 bits per heavy atom. The molecule has 1 aliphatic carbocycles. The summed E-state index contributed by atoms with van der Waals surface area (Å²) in [6.07, 6.45) is 1.88. The predicted molar refractivity (Wildman–Crippen MR) is 140 cm³/mol. The third-order valence-electron chi connectivity index (χ3n) is 9.12. The summed E-state index contributed by atoms with van der Waals surface area (Å²) in [6, 6.07) is 18.6. The Morgan fingerprint density at radius 3 is 2.00 bits per heavy atom. The highest BCUT2D eigenvalue weighted by Crippen LogP contribution is 2.67. The first-order valence-electron chi connectivity index (χ1n) is 12.6. The third-order valence-corrected chi connectivity index (χ3v) is 17.0. The minimum Gasteiger partial charge on any atom is -0.274 e. The van der Waals surface area contributed by atoms with Crippen LogP contribution in [0.4, 0.5) is 5.69 Å². The normalized spacial score (nSPS) is 25.0. The van der Waals surface area contributed by atoms with Gasteiger partial charge in [-0.05, 0) is 35.6 Å². The van der Waals surface area contributed by atoms with Gasteiger partial charge in [-0.15, -0.1) is 0 Å². The fraction of sp³-hybridized carbons (Fsp3) is 0.517. The lowest BCUT2D eigenvalue weighted by molar-refractivity contribution is -0.128. The molecule has 0 saturated heterocycles. The first-order chi connectivity index (χ1) is 15.6. The molecule has 4 rings (SSSR count). The minimum absolute atomic E-state index is 0.00767. The monoisotopic (exact) mass is 461 g/mol. The number of anilines is 1. The van der Waals surface area contributed by atoms with E-state index in [1.165, 1.54) is 17.4 Å². The van der Waals surface area contributed by atoms with Crippen LogP contribution in [0.25, 0.3) is 0 Å². The Labute approximate surface area is 200 Å². The maximum Gasteiger partial charge on any atom is 0.245 e. The number of nitrogens with zero attached hydrogens (tertiary/aromatic N) is 1. The number of imide groups is 1. The SMILES string of the molecule is CC(=O)N1C(=O)[C@]2(C[C@H]([Si](C(C)C)(C(C)C)C(C)C)C[C@@H]2c2ccccc2)c2ccccc21. The maximum atomic E-state index is 14.3. The van der Waals surface area contributed by atoms with Crippen LogP contribution >= 0.6 is 0 Å². The van der Waals surface area contributed by atoms with Crippen molar-refractivity contribution in [3.8, 4) is 0 Å². The van der Waals surface area contributed by atoms with Crippen molar-refractivity contribution in [2.75, 3.05) is 4.90 Å². The molecule has 2 aliphatic rings. The van der Waals surface area contributed by atoms with Gasteiger partial charge in [0.2, 0.25) is 11.8 Å². The number of hydrogen-bond acceptors (Lipinski definition) is 2. The molecular weight excluding hydrogens is 422 g/mol. The highest BCUT2D eigenvalue weighted by molar-refractivity contribution is 6.84. The molecule has 0 unspecified atom stereocenters. The topological polar surface area (TPSA) is 37.4 Å². The van der Waals surface area contributed by atoms with E-state index in [1.807, 2.05) is 24.3 Å². The lowest BCUT2D eigenvalue weighted by atomic mass is 9.70. The molecule has 1 saturated carbocycles. The van der Waals surface area contributed by atoms with Crippen molar-refractivity contribution in [2.45, 2.75) is 94.8 Å². The lowest BCUT2D eigenvalue weighted by Crippen LogP contribution is -2.49. The Hall–Kier alpha value is -2.20. The zero-order chi connectivity index (χ0) is 24.1. The minimum atomic E-state index is -1.82. The summed E-state index contributed by atoms with van der Waals surface area (Å²) in [5.74, 6) is -0.101. The van der Waals surface area contributed by atoms with Crippen LogP contribution in [-0.2, 0) is 15.0 Å². The van der Waals surface area contributed by atoms with Crippen LogP contribution in [0.15, 0.2) is 54.6 Å². The summed E-state index contributed by atoms with van der Waals surface area (Å²) in [6.45, 7) is 16.0. The van der Waals surface area contributed by atoms with E-state index in [0.717, 1.165) is 24.1 Å². The van der Waals surface area contributed by atoms with Gasteiger partial charge in [0, 0.05) is 12.8 Å². The van der Waals surface area contributed by atoms with Crippen LogP contribution in [0.5, 0.6) is 0 Å². The van der Waals surface area contributed by atoms with Crippen molar-refractivity contribution >= 4 is 25.6 Å². The Bertz CT molecular complexity index is 1020. The number of fused-ring (bicyclic) bond motifs is 2. The molecule has 4 heteroatoms. The number of carbonyl (C=O) groups is 2. The van der Waals surface area contributed by atoms with Crippen molar-refractivity contribution in [3.63, 3.8) is 0 Å². The molecule has 33 heavy (non-hydrogen) atoms. The number of hydrogen-bond donors (Lipinski definition) is 0. The van der Waals surface area contributed by atoms with E-state index < -0.39 is 13.5 Å². The Morgan fingerprint density at radius 2 is 1.45 bits per heavy atom. The average Bonchev–Trinajstić information content (AvgIpc) is 3.26. The third kappa shape index (κ3) is 3.28. The first-order valence-corrected chi connectivity index (χ1v) is 14.9. The molecule has 0 radical (unpaired) electrons. The largest absolute Gasteiger partial charge is 0.274 e. The molecule has 1 fully saturated rings. The van der Waals surface area contributed by atoms with Gasteiger partial charge in [-0.3, -0.25) is 9.59 Å². The summed E-state index contributed by atoms with van der Waals surface area (Å²) in [5, 5.41) is 0. The highest BCUT2D eigenvalue weighted by atomic mass is 28.3. The molecule has 0 aromatic heterocycles. The van der Waals surface area contributed by atoms with E-state index in [9.17, 15) is 9.59 Å². The summed E-state index contributed by atoms with van der Waals surface area (Å²) in [5.41, 5.74) is 4.83. The van der Waals surface area contributed by atoms with Gasteiger partial charge in [-0.1, -0.05) is 107 Å². The van der Waals surface area contributed by atoms with Crippen LogP contribution in [0.3, 0.4) is 0 Å². The molecule has 2 aromatic carbocycles. The van der Waals surface area contributed by atoms with E-state index in [2.05, 4.69) is 71.9 Å². The molecule has 0 bridgehead atoms. The second kappa shape index (κ2) is 8.54. The Kier molecular flexibility index (Phi) is 6.19. The van der Waals surface area contributed by atoms with Crippen LogP contribution in [0, 0.1) is 0 Å². The smallest absolute Gasteiger partial charge is 0.245 e. The van der Waals surface area contributed by atoms with Crippen LogP contribution in [0.1, 0.15) is 78.4 Å². The number of para-hydroxylation sites is 1. The maximum absolute atomic E-state index is 14.3. The van der Waals surface area contributed by atoms with Gasteiger partial charge in [0.25, 0.3) is 0 Å². The highest BCUT2D eigenvalue weighted by Gasteiger charge is 2.65. The van der Waals surface area contributed by atoms with Crippen LogP contribution in [0.2, 0.25) is 22.2 Å². The molecule has 2 amide bonds.